The Morgan fingerprint density at radius 1 is 1.28 bits per heavy atom. The van der Waals surface area contributed by atoms with E-state index in [1.807, 2.05) is 4.90 Å². The predicted molar refractivity (Wildman–Crippen MR) is 114 cm³/mol. The average molecular weight is 434 g/mol. The molecule has 0 spiro atoms. The van der Waals surface area contributed by atoms with Gasteiger partial charge in [0.05, 0.1) is 18.1 Å². The van der Waals surface area contributed by atoms with Crippen molar-refractivity contribution in [1.29, 1.82) is 0 Å². The highest BCUT2D eigenvalue weighted by Gasteiger charge is 2.31. The van der Waals surface area contributed by atoms with Crippen LogP contribution in [-0.2, 0) is 4.79 Å². The number of H-pyrrole nitrogens is 1. The van der Waals surface area contributed by atoms with Gasteiger partial charge in [0, 0.05) is 34.4 Å². The molecule has 1 fully saturated rings. The number of aromatic amines is 1. The van der Waals surface area contributed by atoms with E-state index in [1.54, 1.807) is 24.4 Å². The van der Waals surface area contributed by atoms with E-state index < -0.39 is 0 Å². The molecule has 10 heteroatoms. The summed E-state index contributed by atoms with van der Waals surface area (Å²) in [5.41, 5.74) is 1.40. The molecule has 152 valence electrons. The van der Waals surface area contributed by atoms with Crippen LogP contribution in [-0.4, -0.2) is 56.1 Å². The Bertz CT molecular complexity index is 1000. The molecule has 4 rings (SSSR count). The maximum Gasteiger partial charge on any atom is 0.242 e. The molecular weight excluding hydrogens is 413 g/mol. The number of carbonyl (C=O) groups excluding carboxylic acids is 1. The maximum absolute atomic E-state index is 12.8. The summed E-state index contributed by atoms with van der Waals surface area (Å²) < 4.78 is 0. The molecule has 1 saturated heterocycles. The summed E-state index contributed by atoms with van der Waals surface area (Å²) in [5.74, 6) is 0.748. The highest BCUT2D eigenvalue weighted by molar-refractivity contribution is 6.35. The van der Waals surface area contributed by atoms with Crippen LogP contribution < -0.4 is 10.6 Å². The molecule has 3 heterocycles. The standard InChI is InChI=1S/C19H21Cl2N7O/c1-11-16(26-18-15-8-25-27-19(15)24-10-23-18)3-2-4-28(11)17(29)9-22-14-6-12(20)5-13(21)7-14/h5-8,10-11,16,22H,2-4,9H2,1H3,(H2,23,24,25,26,27)/t11-,16+/m0/s1. The fourth-order valence-electron chi connectivity index (χ4n) is 3.68. The van der Waals surface area contributed by atoms with Gasteiger partial charge >= 0.3 is 0 Å². The first kappa shape index (κ1) is 19.7. The summed E-state index contributed by atoms with van der Waals surface area (Å²) in [6.07, 6.45) is 5.06. The number of benzene rings is 1. The van der Waals surface area contributed by atoms with Gasteiger partial charge in [0.1, 0.15) is 12.1 Å². The number of hydrogen-bond acceptors (Lipinski definition) is 6. The Hall–Kier alpha value is -2.58. The van der Waals surface area contributed by atoms with Gasteiger partial charge in [-0.2, -0.15) is 5.10 Å². The van der Waals surface area contributed by atoms with E-state index in [0.717, 1.165) is 36.3 Å². The minimum absolute atomic E-state index is 0.0120. The highest BCUT2D eigenvalue weighted by atomic mass is 35.5. The second kappa shape index (κ2) is 8.42. The third-order valence-electron chi connectivity index (χ3n) is 5.18. The third kappa shape index (κ3) is 4.38. The fourth-order valence-corrected chi connectivity index (χ4v) is 4.20. The first-order chi connectivity index (χ1) is 14.0. The quantitative estimate of drug-likeness (QED) is 0.568. The summed E-state index contributed by atoms with van der Waals surface area (Å²) in [7, 11) is 0. The van der Waals surface area contributed by atoms with Crippen LogP contribution >= 0.6 is 23.2 Å². The number of fused-ring (bicyclic) bond motifs is 1. The number of nitrogens with one attached hydrogen (secondary N) is 3. The van der Waals surface area contributed by atoms with Crippen LogP contribution in [0.15, 0.2) is 30.7 Å². The molecule has 0 unspecified atom stereocenters. The van der Waals surface area contributed by atoms with Gasteiger partial charge in [0.25, 0.3) is 0 Å². The topological polar surface area (TPSA) is 98.8 Å². The van der Waals surface area contributed by atoms with E-state index in [1.165, 1.54) is 6.33 Å². The van der Waals surface area contributed by atoms with Crippen molar-refractivity contribution in [3.05, 3.63) is 40.8 Å². The van der Waals surface area contributed by atoms with E-state index in [9.17, 15) is 4.79 Å². The predicted octanol–water partition coefficient (Wildman–Crippen LogP) is 3.56. The molecule has 0 saturated carbocycles. The van der Waals surface area contributed by atoms with Gasteiger partial charge in [0.15, 0.2) is 5.65 Å². The first-order valence-corrected chi connectivity index (χ1v) is 10.2. The van der Waals surface area contributed by atoms with Crippen molar-refractivity contribution in [1.82, 2.24) is 25.1 Å². The van der Waals surface area contributed by atoms with Gasteiger partial charge in [-0.05, 0) is 38.0 Å². The monoisotopic (exact) mass is 433 g/mol. The molecule has 0 aliphatic carbocycles. The molecule has 29 heavy (non-hydrogen) atoms. The molecule has 1 aliphatic rings. The summed E-state index contributed by atoms with van der Waals surface area (Å²) >= 11 is 12.0. The highest BCUT2D eigenvalue weighted by Crippen LogP contribution is 2.25. The largest absolute Gasteiger partial charge is 0.376 e. The molecule has 3 aromatic rings. The van der Waals surface area contributed by atoms with E-state index in [0.29, 0.717) is 15.7 Å². The summed E-state index contributed by atoms with van der Waals surface area (Å²) in [6.45, 7) is 2.95. The molecule has 0 radical (unpaired) electrons. The Balaban J connectivity index is 1.41. The number of aromatic nitrogens is 4. The van der Waals surface area contributed by atoms with Crippen LogP contribution in [0.5, 0.6) is 0 Å². The average Bonchev–Trinajstić information content (AvgIpc) is 3.17. The van der Waals surface area contributed by atoms with Crippen molar-refractivity contribution >= 4 is 51.6 Å². The zero-order valence-corrected chi connectivity index (χ0v) is 17.3. The summed E-state index contributed by atoms with van der Waals surface area (Å²) in [6, 6.07) is 5.24. The van der Waals surface area contributed by atoms with E-state index in [-0.39, 0.29) is 24.5 Å². The second-order valence-electron chi connectivity index (χ2n) is 7.09. The van der Waals surface area contributed by atoms with Crippen LogP contribution in [0.4, 0.5) is 11.5 Å². The Morgan fingerprint density at radius 2 is 2.07 bits per heavy atom. The van der Waals surface area contributed by atoms with Crippen molar-refractivity contribution in [2.24, 2.45) is 0 Å². The Labute approximate surface area is 178 Å². The normalized spacial score (nSPS) is 19.3. The van der Waals surface area contributed by atoms with Crippen LogP contribution in [0, 0.1) is 0 Å². The molecule has 2 atom stereocenters. The number of rotatable bonds is 5. The number of carbonyl (C=O) groups is 1. The number of nitrogens with zero attached hydrogens (tertiary/aromatic N) is 4. The van der Waals surface area contributed by atoms with E-state index in [2.05, 4.69) is 37.7 Å². The van der Waals surface area contributed by atoms with Crippen molar-refractivity contribution in [3.8, 4) is 0 Å². The smallest absolute Gasteiger partial charge is 0.242 e. The van der Waals surface area contributed by atoms with Gasteiger partial charge in [0.2, 0.25) is 5.91 Å². The third-order valence-corrected chi connectivity index (χ3v) is 5.62. The molecule has 0 bridgehead atoms. The van der Waals surface area contributed by atoms with E-state index in [4.69, 9.17) is 23.2 Å². The number of likely N-dealkylation sites (tertiary alicyclic amines) is 1. The lowest BCUT2D eigenvalue weighted by molar-refractivity contribution is -0.132. The van der Waals surface area contributed by atoms with Crippen molar-refractivity contribution in [3.63, 3.8) is 0 Å². The fraction of sp³-hybridized carbons (Fsp3) is 0.368. The van der Waals surface area contributed by atoms with Gasteiger partial charge < -0.3 is 15.5 Å². The van der Waals surface area contributed by atoms with E-state index >= 15 is 0 Å². The lowest BCUT2D eigenvalue weighted by atomic mass is 9.97. The molecule has 2 aromatic heterocycles. The number of halogens is 2. The lowest BCUT2D eigenvalue weighted by Crippen LogP contribution is -2.53. The minimum Gasteiger partial charge on any atom is -0.376 e. The Kier molecular flexibility index (Phi) is 5.73. The Morgan fingerprint density at radius 3 is 2.86 bits per heavy atom. The first-order valence-electron chi connectivity index (χ1n) is 9.41. The number of hydrogen-bond donors (Lipinski definition) is 3. The molecule has 1 aromatic carbocycles. The number of piperidine rings is 1. The number of amides is 1. The van der Waals surface area contributed by atoms with Gasteiger partial charge in [-0.15, -0.1) is 0 Å². The van der Waals surface area contributed by atoms with Gasteiger partial charge in [-0.1, -0.05) is 23.2 Å². The van der Waals surface area contributed by atoms with Gasteiger partial charge in [-0.25, -0.2) is 9.97 Å². The van der Waals surface area contributed by atoms with Gasteiger partial charge in [-0.3, -0.25) is 9.89 Å². The zero-order chi connectivity index (χ0) is 20.4. The number of anilines is 2. The van der Waals surface area contributed by atoms with Crippen LogP contribution in [0.3, 0.4) is 0 Å². The zero-order valence-electron chi connectivity index (χ0n) is 15.8. The molecular formula is C19H21Cl2N7O. The minimum atomic E-state index is 0.0120. The van der Waals surface area contributed by atoms with Crippen LogP contribution in [0.2, 0.25) is 10.0 Å². The summed E-state index contributed by atoms with van der Waals surface area (Å²) in [5, 5.41) is 15.3. The maximum atomic E-state index is 12.8. The van der Waals surface area contributed by atoms with Crippen molar-refractivity contribution in [2.45, 2.75) is 31.8 Å². The lowest BCUT2D eigenvalue weighted by Gasteiger charge is -2.40. The SMILES string of the molecule is C[C@H]1[C@H](Nc2ncnc3[nH]ncc23)CCCN1C(=O)CNc1cc(Cl)cc(Cl)c1. The molecule has 3 N–H and O–H groups in total. The van der Waals surface area contributed by atoms with Crippen LogP contribution in [0.1, 0.15) is 19.8 Å². The molecule has 1 aliphatic heterocycles. The van der Waals surface area contributed by atoms with Crippen molar-refractivity contribution < 1.29 is 4.79 Å². The second-order valence-corrected chi connectivity index (χ2v) is 7.96. The van der Waals surface area contributed by atoms with Crippen LogP contribution in [0.25, 0.3) is 11.0 Å². The molecule has 1 amide bonds. The van der Waals surface area contributed by atoms with Crippen molar-refractivity contribution in [2.75, 3.05) is 23.7 Å². The molecule has 8 nitrogen and oxygen atoms in total. The summed E-state index contributed by atoms with van der Waals surface area (Å²) in [4.78, 5) is 23.3.